The lowest BCUT2D eigenvalue weighted by molar-refractivity contribution is 0.0962. The largest absolute Gasteiger partial charge is 0.505 e. The van der Waals surface area contributed by atoms with Gasteiger partial charge in [0.15, 0.2) is 5.78 Å². The van der Waals surface area contributed by atoms with Gasteiger partial charge in [-0.15, -0.1) is 0 Å². The normalized spacial score (nSPS) is 10.9. The van der Waals surface area contributed by atoms with Crippen molar-refractivity contribution in [2.75, 3.05) is 46.4 Å². The first kappa shape index (κ1) is 22.7. The molecule has 0 amide bonds. The molecule has 3 N–H and O–H groups in total. The third kappa shape index (κ3) is 6.74. The van der Waals surface area contributed by atoms with Gasteiger partial charge in [0.2, 0.25) is 0 Å². The van der Waals surface area contributed by atoms with Gasteiger partial charge in [0, 0.05) is 38.2 Å². The molecule has 0 spiro atoms. The Balaban J connectivity index is 2.04. The monoisotopic (exact) mass is 401 g/mol. The number of Topliss-reactive ketones (excluding diaryl/α,β-unsaturated/α-hetero) is 1. The molecule has 0 aliphatic heterocycles. The zero-order valence-electron chi connectivity index (χ0n) is 17.6. The van der Waals surface area contributed by atoms with Crippen molar-refractivity contribution < 1.29 is 19.5 Å². The number of hydrogen-bond donors (Lipinski definition) is 3. The predicted molar refractivity (Wildman–Crippen MR) is 115 cm³/mol. The maximum atomic E-state index is 12.8. The zero-order chi connectivity index (χ0) is 21.2. The second-order valence-corrected chi connectivity index (χ2v) is 6.90. The van der Waals surface area contributed by atoms with Gasteiger partial charge in [0.25, 0.3) is 0 Å². The third-order valence-corrected chi connectivity index (χ3v) is 4.73. The molecule has 0 saturated carbocycles. The molecule has 7 heteroatoms. The van der Waals surface area contributed by atoms with E-state index in [1.54, 1.807) is 26.2 Å². The Hall–Kier alpha value is -2.61. The molecule has 0 heterocycles. The Morgan fingerprint density at radius 3 is 2.48 bits per heavy atom. The average Bonchev–Trinajstić information content (AvgIpc) is 2.73. The van der Waals surface area contributed by atoms with Crippen LogP contribution in [0, 0.1) is 6.92 Å². The molecule has 0 fully saturated rings. The molecule has 2 rings (SSSR count). The Bertz CT molecular complexity index is 793. The summed E-state index contributed by atoms with van der Waals surface area (Å²) < 4.78 is 5.21. The van der Waals surface area contributed by atoms with Crippen molar-refractivity contribution in [2.24, 2.45) is 0 Å². The number of nitrogens with one attached hydrogen (secondary N) is 2. The molecule has 2 aromatic rings. The first-order chi connectivity index (χ1) is 14.0. The molecule has 158 valence electrons. The van der Waals surface area contributed by atoms with Crippen molar-refractivity contribution in [2.45, 2.75) is 19.9 Å². The van der Waals surface area contributed by atoms with E-state index >= 15 is 0 Å². The van der Waals surface area contributed by atoms with Gasteiger partial charge in [-0.1, -0.05) is 12.1 Å². The van der Waals surface area contributed by atoms with E-state index in [2.05, 4.69) is 15.7 Å². The molecule has 0 unspecified atom stereocenters. The number of ketones is 1. The number of rotatable bonds is 12. The van der Waals surface area contributed by atoms with E-state index in [-0.39, 0.29) is 11.5 Å². The van der Waals surface area contributed by atoms with Gasteiger partial charge < -0.3 is 15.2 Å². The summed E-state index contributed by atoms with van der Waals surface area (Å²) in [4.78, 5) is 19.9. The summed E-state index contributed by atoms with van der Waals surface area (Å²) in [5.41, 5.74) is 5.35. The van der Waals surface area contributed by atoms with E-state index in [9.17, 15) is 9.90 Å². The number of phenolic OH excluding ortho intramolecular Hbond substituents is 1. The van der Waals surface area contributed by atoms with Gasteiger partial charge in [-0.2, -0.15) is 0 Å². The molecule has 0 aromatic heterocycles. The number of hydrogen-bond acceptors (Lipinski definition) is 7. The fraction of sp³-hybridized carbons (Fsp3) is 0.409. The van der Waals surface area contributed by atoms with E-state index in [0.717, 1.165) is 25.4 Å². The number of ether oxygens (including phenoxy) is 1. The summed E-state index contributed by atoms with van der Waals surface area (Å²) >= 11 is 0. The van der Waals surface area contributed by atoms with E-state index in [0.29, 0.717) is 29.8 Å². The summed E-state index contributed by atoms with van der Waals surface area (Å²) in [6, 6.07) is 11.3. The first-order valence-corrected chi connectivity index (χ1v) is 9.64. The molecular weight excluding hydrogens is 370 g/mol. The molecular formula is C22H31N3O4. The van der Waals surface area contributed by atoms with Crippen LogP contribution in [0.1, 0.15) is 27.9 Å². The number of methoxy groups -OCH3 is 1. The van der Waals surface area contributed by atoms with Crippen molar-refractivity contribution in [3.05, 3.63) is 53.1 Å². The van der Waals surface area contributed by atoms with E-state index < -0.39 is 0 Å². The standard InChI is InChI=1S/C22H31N3O4/c1-16-13-18(14-20(22(16)27)24-29-4)21(26)9-11-25(12-10-23-2)15-17-5-7-19(28-3)8-6-17/h5-8,13-14,23-24,27H,9-12,15H2,1-4H3. The Morgan fingerprint density at radius 1 is 1.14 bits per heavy atom. The van der Waals surface area contributed by atoms with Crippen LogP contribution in [0.2, 0.25) is 0 Å². The fourth-order valence-corrected chi connectivity index (χ4v) is 3.06. The second-order valence-electron chi connectivity index (χ2n) is 6.90. The minimum absolute atomic E-state index is 0.0245. The highest BCUT2D eigenvalue weighted by Gasteiger charge is 2.14. The van der Waals surface area contributed by atoms with Crippen LogP contribution >= 0.6 is 0 Å². The van der Waals surface area contributed by atoms with Gasteiger partial charge in [-0.05, 0) is 49.4 Å². The van der Waals surface area contributed by atoms with Crippen molar-refractivity contribution >= 4 is 11.5 Å². The molecule has 29 heavy (non-hydrogen) atoms. The van der Waals surface area contributed by atoms with Crippen LogP contribution in [0.3, 0.4) is 0 Å². The summed E-state index contributed by atoms with van der Waals surface area (Å²) in [5, 5.41) is 13.2. The molecule has 0 radical (unpaired) electrons. The molecule has 0 saturated heterocycles. The van der Waals surface area contributed by atoms with E-state index in [1.165, 1.54) is 12.7 Å². The van der Waals surface area contributed by atoms with Gasteiger partial charge in [0.1, 0.15) is 17.2 Å². The molecule has 0 bridgehead atoms. The number of nitrogens with zero attached hydrogens (tertiary/aromatic N) is 1. The number of benzene rings is 2. The number of carbonyl (C=O) groups is 1. The van der Waals surface area contributed by atoms with Crippen LogP contribution in [-0.4, -0.2) is 56.7 Å². The van der Waals surface area contributed by atoms with Crippen molar-refractivity contribution in [1.82, 2.24) is 10.2 Å². The minimum atomic E-state index is 0.0245. The van der Waals surface area contributed by atoms with Crippen LogP contribution in [0.15, 0.2) is 36.4 Å². The topological polar surface area (TPSA) is 83.1 Å². The molecule has 0 aliphatic rings. The lowest BCUT2D eigenvalue weighted by atomic mass is 10.0. The quantitative estimate of drug-likeness (QED) is 0.286. The van der Waals surface area contributed by atoms with Crippen LogP contribution in [0.5, 0.6) is 11.5 Å². The Morgan fingerprint density at radius 2 is 1.86 bits per heavy atom. The van der Waals surface area contributed by atoms with Crippen LogP contribution in [0.4, 0.5) is 5.69 Å². The van der Waals surface area contributed by atoms with Gasteiger partial charge >= 0.3 is 0 Å². The summed E-state index contributed by atoms with van der Waals surface area (Å²) in [6.07, 6.45) is 0.385. The Labute approximate surface area is 172 Å². The molecule has 7 nitrogen and oxygen atoms in total. The number of aromatic hydroxyl groups is 1. The van der Waals surface area contributed by atoms with Crippen LogP contribution < -0.4 is 15.5 Å². The van der Waals surface area contributed by atoms with Gasteiger partial charge in [-0.25, -0.2) is 0 Å². The SMILES string of the molecule is CNCCN(CCC(=O)c1cc(C)c(O)c(NOC)c1)Cc1ccc(OC)cc1. The molecule has 2 aromatic carbocycles. The Kier molecular flexibility index (Phi) is 8.92. The van der Waals surface area contributed by atoms with Gasteiger partial charge in [0.05, 0.1) is 14.2 Å². The molecule has 0 aliphatic carbocycles. The number of likely N-dealkylation sites (N-methyl/N-ethyl adjacent to an activating group) is 1. The lowest BCUT2D eigenvalue weighted by Gasteiger charge is -2.22. The smallest absolute Gasteiger partial charge is 0.164 e. The number of phenols is 1. The van der Waals surface area contributed by atoms with Crippen molar-refractivity contribution in [3.63, 3.8) is 0 Å². The fourth-order valence-electron chi connectivity index (χ4n) is 3.06. The van der Waals surface area contributed by atoms with Crippen LogP contribution in [0.25, 0.3) is 0 Å². The third-order valence-electron chi connectivity index (χ3n) is 4.73. The van der Waals surface area contributed by atoms with Crippen molar-refractivity contribution in [3.8, 4) is 11.5 Å². The summed E-state index contributed by atoms with van der Waals surface area (Å²) in [5.74, 6) is 0.934. The van der Waals surface area contributed by atoms with Crippen LogP contribution in [-0.2, 0) is 11.4 Å². The summed E-state index contributed by atoms with van der Waals surface area (Å²) in [7, 11) is 5.03. The highest BCUT2D eigenvalue weighted by atomic mass is 16.6. The first-order valence-electron chi connectivity index (χ1n) is 9.64. The lowest BCUT2D eigenvalue weighted by Crippen LogP contribution is -2.32. The number of anilines is 1. The maximum absolute atomic E-state index is 12.8. The minimum Gasteiger partial charge on any atom is -0.505 e. The highest BCUT2D eigenvalue weighted by Crippen LogP contribution is 2.29. The maximum Gasteiger partial charge on any atom is 0.164 e. The van der Waals surface area contributed by atoms with E-state index in [1.807, 2.05) is 31.3 Å². The second kappa shape index (κ2) is 11.4. The zero-order valence-corrected chi connectivity index (χ0v) is 17.6. The predicted octanol–water partition coefficient (Wildman–Crippen LogP) is 2.98. The van der Waals surface area contributed by atoms with Crippen molar-refractivity contribution in [1.29, 1.82) is 0 Å². The van der Waals surface area contributed by atoms with Gasteiger partial charge in [-0.3, -0.25) is 20.0 Å². The highest BCUT2D eigenvalue weighted by molar-refractivity contribution is 5.97. The number of carbonyl (C=O) groups excluding carboxylic acids is 1. The van der Waals surface area contributed by atoms with E-state index in [4.69, 9.17) is 9.57 Å². The summed E-state index contributed by atoms with van der Waals surface area (Å²) in [6.45, 7) is 4.82. The molecule has 0 atom stereocenters. The number of aryl methyl sites for hydroxylation is 1. The average molecular weight is 402 g/mol.